The van der Waals surface area contributed by atoms with Crippen LogP contribution in [0.1, 0.15) is 15.9 Å². The van der Waals surface area contributed by atoms with E-state index in [4.69, 9.17) is 27.9 Å². The van der Waals surface area contributed by atoms with Gasteiger partial charge in [-0.2, -0.15) is 0 Å². The molecule has 0 heterocycles. The summed E-state index contributed by atoms with van der Waals surface area (Å²) < 4.78 is 6.73. The number of rotatable bonds is 8. The molecule has 0 radical (unpaired) electrons. The fraction of sp³-hybridized carbons (Fsp3) is 0.111. The van der Waals surface area contributed by atoms with Crippen LogP contribution in [-0.4, -0.2) is 25.5 Å². The van der Waals surface area contributed by atoms with Crippen molar-refractivity contribution < 1.29 is 14.3 Å². The highest BCUT2D eigenvalue weighted by Crippen LogP contribution is 2.37. The second-order valence-electron chi connectivity index (χ2n) is 7.66. The first-order chi connectivity index (χ1) is 16.9. The number of carbonyl (C=O) groups excluding carboxylic acids is 2. The number of nitrogens with one attached hydrogen (secondary N) is 1. The van der Waals surface area contributed by atoms with Crippen LogP contribution in [-0.2, 0) is 16.1 Å². The van der Waals surface area contributed by atoms with E-state index in [1.54, 1.807) is 24.3 Å². The van der Waals surface area contributed by atoms with Crippen molar-refractivity contribution in [2.75, 3.05) is 18.0 Å². The molecule has 1 amide bonds. The molecule has 0 aliphatic rings. The van der Waals surface area contributed by atoms with Gasteiger partial charge < -0.3 is 14.4 Å². The maximum Gasteiger partial charge on any atom is 0.326 e. The number of methoxy groups -OCH3 is 1. The fourth-order valence-electron chi connectivity index (χ4n) is 3.64. The van der Waals surface area contributed by atoms with E-state index < -0.39 is 5.97 Å². The molecule has 5 nitrogen and oxygen atoms in total. The molecule has 0 aliphatic carbocycles. The number of halogens is 2. The van der Waals surface area contributed by atoms with E-state index in [0.29, 0.717) is 22.2 Å². The molecule has 35 heavy (non-hydrogen) atoms. The molecule has 4 rings (SSSR count). The number of nitrogens with zero attached hydrogens (tertiary/aromatic N) is 1. The van der Waals surface area contributed by atoms with Crippen LogP contribution < -0.4 is 9.62 Å². The average Bonchev–Trinajstić information content (AvgIpc) is 2.86. The second kappa shape index (κ2) is 11.5. The molecule has 0 spiro atoms. The number of hydrogen-bond acceptors (Lipinski definition) is 5. The van der Waals surface area contributed by atoms with Gasteiger partial charge in [0.1, 0.15) is 6.54 Å². The third kappa shape index (κ3) is 6.28. The number of anilines is 1. The number of amides is 1. The molecule has 0 atom stereocenters. The summed E-state index contributed by atoms with van der Waals surface area (Å²) in [6, 6.07) is 26.1. The van der Waals surface area contributed by atoms with Gasteiger partial charge >= 0.3 is 5.97 Å². The molecule has 0 saturated heterocycles. The third-order valence-electron chi connectivity index (χ3n) is 5.26. The number of benzene rings is 4. The molecule has 0 saturated carbocycles. The first kappa shape index (κ1) is 24.9. The maximum absolute atomic E-state index is 13.1. The highest BCUT2D eigenvalue weighted by molar-refractivity contribution is 8.00. The van der Waals surface area contributed by atoms with Crippen molar-refractivity contribution in [3.05, 3.63) is 106 Å². The molecule has 8 heteroatoms. The largest absolute Gasteiger partial charge is 0.468 e. The van der Waals surface area contributed by atoms with Crippen LogP contribution in [0.3, 0.4) is 0 Å². The fourth-order valence-corrected chi connectivity index (χ4v) is 5.34. The Labute approximate surface area is 218 Å². The van der Waals surface area contributed by atoms with Crippen molar-refractivity contribution in [2.45, 2.75) is 11.4 Å². The topological polar surface area (TPSA) is 58.6 Å². The van der Waals surface area contributed by atoms with E-state index in [-0.39, 0.29) is 12.5 Å². The lowest BCUT2D eigenvalue weighted by atomic mass is 10.0. The van der Waals surface area contributed by atoms with Crippen molar-refractivity contribution in [1.82, 2.24) is 5.32 Å². The van der Waals surface area contributed by atoms with E-state index in [1.165, 1.54) is 19.1 Å². The van der Waals surface area contributed by atoms with Gasteiger partial charge in [-0.25, -0.2) is 0 Å². The molecule has 178 valence electrons. The van der Waals surface area contributed by atoms with E-state index in [1.807, 2.05) is 65.0 Å². The van der Waals surface area contributed by atoms with Gasteiger partial charge in [0.2, 0.25) is 0 Å². The quantitative estimate of drug-likeness (QED) is 0.203. The van der Waals surface area contributed by atoms with Crippen molar-refractivity contribution in [2.24, 2.45) is 0 Å². The predicted molar refractivity (Wildman–Crippen MR) is 143 cm³/mol. The minimum atomic E-state index is -0.403. The van der Waals surface area contributed by atoms with Crippen LogP contribution in [0.5, 0.6) is 0 Å². The lowest BCUT2D eigenvalue weighted by Gasteiger charge is -2.24. The maximum atomic E-state index is 13.1. The van der Waals surface area contributed by atoms with Crippen LogP contribution in [0.2, 0.25) is 10.0 Å². The normalized spacial score (nSPS) is 10.7. The van der Waals surface area contributed by atoms with E-state index in [2.05, 4.69) is 5.32 Å². The van der Waals surface area contributed by atoms with Crippen molar-refractivity contribution in [1.29, 1.82) is 0 Å². The third-order valence-corrected chi connectivity index (χ3v) is 6.69. The number of fused-ring (bicyclic) bond motifs is 1. The first-order valence-electron chi connectivity index (χ1n) is 10.8. The van der Waals surface area contributed by atoms with Crippen LogP contribution in [0.4, 0.5) is 5.69 Å². The molecule has 4 aromatic carbocycles. The Morgan fingerprint density at radius 2 is 1.57 bits per heavy atom. The highest BCUT2D eigenvalue weighted by atomic mass is 35.5. The van der Waals surface area contributed by atoms with Crippen LogP contribution in [0.25, 0.3) is 10.8 Å². The van der Waals surface area contributed by atoms with Gasteiger partial charge in [-0.05, 0) is 53.2 Å². The molecular formula is C27H22Cl2N2O3S. The zero-order valence-corrected chi connectivity index (χ0v) is 21.2. The summed E-state index contributed by atoms with van der Waals surface area (Å²) in [4.78, 5) is 26.1. The van der Waals surface area contributed by atoms with Crippen molar-refractivity contribution in [3.8, 4) is 0 Å². The number of esters is 1. The first-order valence-corrected chi connectivity index (χ1v) is 12.3. The van der Waals surface area contributed by atoms with Gasteiger partial charge in [-0.3, -0.25) is 9.59 Å². The predicted octanol–water partition coefficient (Wildman–Crippen LogP) is 6.76. The number of hydrogen-bond donors (Lipinski definition) is 1. The Hall–Kier alpha value is -3.19. The highest BCUT2D eigenvalue weighted by Gasteiger charge is 2.19. The van der Waals surface area contributed by atoms with Crippen LogP contribution in [0.15, 0.2) is 89.8 Å². The van der Waals surface area contributed by atoms with Gasteiger partial charge in [-0.15, -0.1) is 0 Å². The lowest BCUT2D eigenvalue weighted by Crippen LogP contribution is -2.25. The van der Waals surface area contributed by atoms with E-state index in [0.717, 1.165) is 26.9 Å². The second-order valence-corrected chi connectivity index (χ2v) is 9.62. The van der Waals surface area contributed by atoms with Gasteiger partial charge in [0, 0.05) is 32.4 Å². The Balaban J connectivity index is 1.69. The summed E-state index contributed by atoms with van der Waals surface area (Å²) in [6.07, 6.45) is 0. The van der Waals surface area contributed by atoms with Gasteiger partial charge in [-0.1, -0.05) is 77.8 Å². The zero-order chi connectivity index (χ0) is 24.8. The summed E-state index contributed by atoms with van der Waals surface area (Å²) in [6.45, 7) is 0.407. The molecular weight excluding hydrogens is 503 g/mol. The Bertz CT molecular complexity index is 1350. The van der Waals surface area contributed by atoms with Crippen LogP contribution >= 0.6 is 35.1 Å². The SMILES string of the molecule is COC(=O)CN(Sc1cc(Cl)cc(Cl)c1)c1cccc2c(C(=O)NCc3ccccc3)cccc12. The molecule has 1 N–H and O–H groups in total. The Kier molecular flexibility index (Phi) is 8.18. The molecule has 0 aromatic heterocycles. The standard InChI is InChI=1S/C27H22Cl2N2O3S/c1-34-26(32)17-31(35-21-14-19(28)13-20(29)15-21)25-12-6-9-22-23(25)10-5-11-24(22)27(33)30-16-18-7-3-2-4-8-18/h2-15H,16-17H2,1H3,(H,30,33). The Morgan fingerprint density at radius 1 is 0.886 bits per heavy atom. The van der Waals surface area contributed by atoms with Gasteiger partial charge in [0.15, 0.2) is 0 Å². The monoisotopic (exact) mass is 524 g/mol. The van der Waals surface area contributed by atoms with Crippen LogP contribution in [0, 0.1) is 0 Å². The van der Waals surface area contributed by atoms with E-state index >= 15 is 0 Å². The molecule has 0 bridgehead atoms. The molecule has 0 unspecified atom stereocenters. The molecule has 4 aromatic rings. The smallest absolute Gasteiger partial charge is 0.326 e. The summed E-state index contributed by atoms with van der Waals surface area (Å²) in [7, 11) is 1.35. The van der Waals surface area contributed by atoms with Gasteiger partial charge in [0.05, 0.1) is 12.8 Å². The average molecular weight is 525 g/mol. The summed E-state index contributed by atoms with van der Waals surface area (Å²) in [5.41, 5.74) is 2.32. The molecule has 0 aliphatic heterocycles. The van der Waals surface area contributed by atoms with Gasteiger partial charge in [0.25, 0.3) is 5.91 Å². The summed E-state index contributed by atoms with van der Waals surface area (Å²) in [5, 5.41) is 5.57. The lowest BCUT2D eigenvalue weighted by molar-refractivity contribution is -0.138. The zero-order valence-electron chi connectivity index (χ0n) is 18.8. The summed E-state index contributed by atoms with van der Waals surface area (Å²) in [5.74, 6) is -0.579. The minimum Gasteiger partial charge on any atom is -0.468 e. The van der Waals surface area contributed by atoms with Crippen molar-refractivity contribution in [3.63, 3.8) is 0 Å². The minimum absolute atomic E-state index is 0.0190. The molecule has 0 fully saturated rings. The van der Waals surface area contributed by atoms with E-state index in [9.17, 15) is 9.59 Å². The number of carbonyl (C=O) groups is 2. The number of ether oxygens (including phenoxy) is 1. The van der Waals surface area contributed by atoms with Crippen molar-refractivity contribution >= 4 is 63.5 Å². The summed E-state index contributed by atoms with van der Waals surface area (Å²) >= 11 is 13.7. The Morgan fingerprint density at radius 3 is 2.29 bits per heavy atom.